The molecule has 0 aliphatic rings. The number of amidine groups is 1. The van der Waals surface area contributed by atoms with E-state index < -0.39 is 0 Å². The molecule has 0 spiro atoms. The minimum absolute atomic E-state index is 0.0572. The highest BCUT2D eigenvalue weighted by molar-refractivity contribution is 7.99. The standard InChI is InChI=1S/C7H10N4O2S/c8-6(11-13)5-1-2-9-7(10-5)14-4-3-12/h1-2,12-13H,3-4H2,(H2,8,11). The van der Waals surface area contributed by atoms with Gasteiger partial charge in [0.15, 0.2) is 11.0 Å². The van der Waals surface area contributed by atoms with Crippen molar-refractivity contribution in [2.75, 3.05) is 12.4 Å². The van der Waals surface area contributed by atoms with Crippen molar-refractivity contribution in [2.45, 2.75) is 5.16 Å². The predicted octanol–water partition coefficient (Wildman–Crippen LogP) is -0.345. The Morgan fingerprint density at radius 2 is 2.43 bits per heavy atom. The third-order valence-corrected chi connectivity index (χ3v) is 2.17. The van der Waals surface area contributed by atoms with Gasteiger partial charge in [0.25, 0.3) is 0 Å². The maximum atomic E-state index is 8.59. The van der Waals surface area contributed by atoms with Gasteiger partial charge in [-0.05, 0) is 6.07 Å². The van der Waals surface area contributed by atoms with Crippen LogP contribution in [0.25, 0.3) is 0 Å². The van der Waals surface area contributed by atoms with Crippen LogP contribution in [0.3, 0.4) is 0 Å². The number of hydrogen-bond donors (Lipinski definition) is 3. The first kappa shape index (κ1) is 10.7. The zero-order valence-corrected chi connectivity index (χ0v) is 8.11. The van der Waals surface area contributed by atoms with E-state index in [9.17, 15) is 0 Å². The van der Waals surface area contributed by atoms with Gasteiger partial charge in [-0.15, -0.1) is 0 Å². The summed E-state index contributed by atoms with van der Waals surface area (Å²) in [6, 6.07) is 1.54. The van der Waals surface area contributed by atoms with Crippen molar-refractivity contribution in [3.8, 4) is 0 Å². The fourth-order valence-corrected chi connectivity index (χ4v) is 1.31. The molecule has 7 heteroatoms. The Morgan fingerprint density at radius 3 is 3.07 bits per heavy atom. The van der Waals surface area contributed by atoms with Gasteiger partial charge >= 0.3 is 0 Å². The van der Waals surface area contributed by atoms with Gasteiger partial charge in [0, 0.05) is 11.9 Å². The van der Waals surface area contributed by atoms with Gasteiger partial charge in [-0.25, -0.2) is 9.97 Å². The number of aliphatic hydroxyl groups excluding tert-OH is 1. The number of hydrogen-bond acceptors (Lipinski definition) is 6. The minimum atomic E-state index is -0.0572. The molecular formula is C7H10N4O2S. The molecule has 0 saturated heterocycles. The van der Waals surface area contributed by atoms with Crippen molar-refractivity contribution in [3.05, 3.63) is 18.0 Å². The summed E-state index contributed by atoms with van der Waals surface area (Å²) in [6.07, 6.45) is 1.51. The molecule has 0 aliphatic heterocycles. The Balaban J connectivity index is 2.79. The predicted molar refractivity (Wildman–Crippen MR) is 52.4 cm³/mol. The number of oxime groups is 1. The number of aliphatic hydroxyl groups is 1. The molecule has 0 aliphatic carbocycles. The fourth-order valence-electron chi connectivity index (χ4n) is 0.741. The number of thioether (sulfide) groups is 1. The van der Waals surface area contributed by atoms with Crippen molar-refractivity contribution in [1.82, 2.24) is 9.97 Å². The lowest BCUT2D eigenvalue weighted by molar-refractivity contribution is 0.318. The highest BCUT2D eigenvalue weighted by atomic mass is 32.2. The smallest absolute Gasteiger partial charge is 0.188 e. The summed E-state index contributed by atoms with van der Waals surface area (Å²) in [7, 11) is 0. The van der Waals surface area contributed by atoms with Crippen molar-refractivity contribution < 1.29 is 10.3 Å². The lowest BCUT2D eigenvalue weighted by Crippen LogP contribution is -2.15. The lowest BCUT2D eigenvalue weighted by atomic mass is 10.4. The van der Waals surface area contributed by atoms with Crippen LogP contribution in [0.4, 0.5) is 0 Å². The maximum absolute atomic E-state index is 8.59. The van der Waals surface area contributed by atoms with Crippen molar-refractivity contribution in [2.24, 2.45) is 10.9 Å². The van der Waals surface area contributed by atoms with Gasteiger partial charge in [0.2, 0.25) is 0 Å². The first-order valence-electron chi connectivity index (χ1n) is 3.82. The SMILES string of the molecule is N/C(=N/O)c1ccnc(SCCO)n1. The average molecular weight is 214 g/mol. The maximum Gasteiger partial charge on any atom is 0.188 e. The van der Waals surface area contributed by atoms with E-state index in [0.717, 1.165) is 0 Å². The monoisotopic (exact) mass is 214 g/mol. The van der Waals surface area contributed by atoms with Crippen LogP contribution in [-0.4, -0.2) is 38.5 Å². The molecule has 0 atom stereocenters. The van der Waals surface area contributed by atoms with Crippen molar-refractivity contribution in [3.63, 3.8) is 0 Å². The summed E-state index contributed by atoms with van der Waals surface area (Å²) in [5.41, 5.74) is 5.71. The van der Waals surface area contributed by atoms with E-state index >= 15 is 0 Å². The quantitative estimate of drug-likeness (QED) is 0.158. The van der Waals surface area contributed by atoms with E-state index in [1.807, 2.05) is 0 Å². The molecule has 0 aromatic carbocycles. The zero-order chi connectivity index (χ0) is 10.4. The minimum Gasteiger partial charge on any atom is -0.409 e. The zero-order valence-electron chi connectivity index (χ0n) is 7.29. The van der Waals surface area contributed by atoms with E-state index in [0.29, 0.717) is 16.6 Å². The molecular weight excluding hydrogens is 204 g/mol. The fraction of sp³-hybridized carbons (Fsp3) is 0.286. The molecule has 0 fully saturated rings. The molecule has 4 N–H and O–H groups in total. The summed E-state index contributed by atoms with van der Waals surface area (Å²) >= 11 is 1.30. The second kappa shape index (κ2) is 5.40. The number of rotatable bonds is 4. The summed E-state index contributed by atoms with van der Waals surface area (Å²) in [6.45, 7) is 0.0574. The molecule has 14 heavy (non-hydrogen) atoms. The number of nitrogens with zero attached hydrogens (tertiary/aromatic N) is 3. The van der Waals surface area contributed by atoms with E-state index in [2.05, 4.69) is 15.1 Å². The third-order valence-electron chi connectivity index (χ3n) is 1.33. The molecule has 1 aromatic heterocycles. The van der Waals surface area contributed by atoms with Crippen LogP contribution in [0.5, 0.6) is 0 Å². The number of aromatic nitrogens is 2. The summed E-state index contributed by atoms with van der Waals surface area (Å²) < 4.78 is 0. The topological polar surface area (TPSA) is 105 Å². The van der Waals surface area contributed by atoms with Crippen LogP contribution in [0.2, 0.25) is 0 Å². The number of nitrogens with two attached hydrogens (primary N) is 1. The first-order valence-corrected chi connectivity index (χ1v) is 4.81. The molecule has 0 amide bonds. The van der Waals surface area contributed by atoms with E-state index in [1.165, 1.54) is 24.0 Å². The average Bonchev–Trinajstić information content (AvgIpc) is 2.25. The molecule has 0 radical (unpaired) electrons. The molecule has 1 heterocycles. The van der Waals surface area contributed by atoms with Crippen LogP contribution >= 0.6 is 11.8 Å². The molecule has 6 nitrogen and oxygen atoms in total. The highest BCUT2D eigenvalue weighted by Crippen LogP contribution is 2.11. The van der Waals surface area contributed by atoms with Gasteiger partial charge < -0.3 is 16.0 Å². The molecule has 76 valence electrons. The van der Waals surface area contributed by atoms with E-state index in [1.54, 1.807) is 0 Å². The van der Waals surface area contributed by atoms with Gasteiger partial charge in [0.1, 0.15) is 5.69 Å². The summed E-state index contributed by atoms with van der Waals surface area (Å²) in [5, 5.41) is 20.3. The molecule has 1 rings (SSSR count). The second-order valence-electron chi connectivity index (χ2n) is 2.28. The second-order valence-corrected chi connectivity index (χ2v) is 3.34. The van der Waals surface area contributed by atoms with Crippen LogP contribution in [-0.2, 0) is 0 Å². The van der Waals surface area contributed by atoms with Crippen molar-refractivity contribution in [1.29, 1.82) is 0 Å². The Hall–Kier alpha value is -1.34. The summed E-state index contributed by atoms with van der Waals surface area (Å²) in [4.78, 5) is 7.95. The van der Waals surface area contributed by atoms with Gasteiger partial charge in [-0.3, -0.25) is 0 Å². The lowest BCUT2D eigenvalue weighted by Gasteiger charge is -2.00. The van der Waals surface area contributed by atoms with E-state index in [-0.39, 0.29) is 12.4 Å². The molecule has 0 saturated carbocycles. The highest BCUT2D eigenvalue weighted by Gasteiger charge is 2.03. The van der Waals surface area contributed by atoms with E-state index in [4.69, 9.17) is 16.0 Å². The van der Waals surface area contributed by atoms with Gasteiger partial charge in [-0.1, -0.05) is 16.9 Å². The van der Waals surface area contributed by atoms with Crippen LogP contribution in [0.1, 0.15) is 5.69 Å². The van der Waals surface area contributed by atoms with Crippen LogP contribution in [0.15, 0.2) is 22.6 Å². The van der Waals surface area contributed by atoms with Gasteiger partial charge in [-0.2, -0.15) is 0 Å². The Morgan fingerprint density at radius 1 is 1.64 bits per heavy atom. The first-order chi connectivity index (χ1) is 6.77. The largest absolute Gasteiger partial charge is 0.409 e. The molecule has 1 aromatic rings. The Bertz CT molecular complexity index is 331. The Kier molecular flexibility index (Phi) is 4.14. The molecule has 0 unspecified atom stereocenters. The Labute approximate surface area is 84.9 Å². The third kappa shape index (κ3) is 2.86. The van der Waals surface area contributed by atoms with Gasteiger partial charge in [0.05, 0.1) is 6.61 Å². The van der Waals surface area contributed by atoms with Crippen LogP contribution < -0.4 is 5.73 Å². The summed E-state index contributed by atoms with van der Waals surface area (Å²) in [5.74, 6) is 0.456. The van der Waals surface area contributed by atoms with Crippen molar-refractivity contribution >= 4 is 17.6 Å². The normalized spacial score (nSPS) is 11.6. The molecule has 0 bridgehead atoms. The van der Waals surface area contributed by atoms with Crippen LogP contribution in [0, 0.1) is 0 Å².